The third-order valence-corrected chi connectivity index (χ3v) is 4.53. The third-order valence-electron chi connectivity index (χ3n) is 4.53. The Balaban J connectivity index is 1.94. The van der Waals surface area contributed by atoms with Gasteiger partial charge in [0.1, 0.15) is 0 Å². The van der Waals surface area contributed by atoms with Crippen molar-refractivity contribution >= 4 is 17.0 Å². The molecule has 126 valence electrons. The number of unbranched alkanes of at least 4 members (excludes halogenated alkanes) is 7. The van der Waals surface area contributed by atoms with Gasteiger partial charge >= 0.3 is 5.82 Å². The SMILES string of the molecule is CCCCCCCCCC[n+]1c(C(=O)[O-])n(C)c2ccccc21. The van der Waals surface area contributed by atoms with Crippen LogP contribution >= 0.6 is 0 Å². The number of para-hydroxylation sites is 2. The summed E-state index contributed by atoms with van der Waals surface area (Å²) < 4.78 is 3.61. The second-order valence-corrected chi connectivity index (χ2v) is 6.29. The van der Waals surface area contributed by atoms with E-state index >= 15 is 0 Å². The molecule has 0 saturated heterocycles. The molecule has 0 amide bonds. The number of carboxylic acid groups (broad SMARTS) is 1. The first-order valence-electron chi connectivity index (χ1n) is 8.85. The Morgan fingerprint density at radius 3 is 2.30 bits per heavy atom. The summed E-state index contributed by atoms with van der Waals surface area (Å²) in [6.07, 6.45) is 9.94. The molecule has 2 rings (SSSR count). The van der Waals surface area contributed by atoms with Crippen LogP contribution in [0.2, 0.25) is 0 Å². The van der Waals surface area contributed by atoms with Crippen molar-refractivity contribution in [2.45, 2.75) is 64.8 Å². The normalized spacial score (nSPS) is 11.2. The van der Waals surface area contributed by atoms with Crippen molar-refractivity contribution in [2.24, 2.45) is 7.05 Å². The van der Waals surface area contributed by atoms with Crippen molar-refractivity contribution in [1.29, 1.82) is 0 Å². The van der Waals surface area contributed by atoms with Gasteiger partial charge in [0.15, 0.2) is 17.0 Å². The van der Waals surface area contributed by atoms with Crippen LogP contribution < -0.4 is 9.67 Å². The van der Waals surface area contributed by atoms with Gasteiger partial charge < -0.3 is 9.90 Å². The molecule has 0 saturated carbocycles. The molecule has 0 N–H and O–H groups in total. The number of rotatable bonds is 10. The fourth-order valence-corrected chi connectivity index (χ4v) is 3.26. The highest BCUT2D eigenvalue weighted by atomic mass is 16.4. The summed E-state index contributed by atoms with van der Waals surface area (Å²) in [5.41, 5.74) is 1.91. The van der Waals surface area contributed by atoms with Crippen LogP contribution in [0.15, 0.2) is 24.3 Å². The number of carbonyl (C=O) groups excluding carboxylic acids is 1. The molecule has 0 fully saturated rings. The van der Waals surface area contributed by atoms with Crippen molar-refractivity contribution in [3.8, 4) is 0 Å². The maximum atomic E-state index is 11.5. The fourth-order valence-electron chi connectivity index (χ4n) is 3.26. The lowest BCUT2D eigenvalue weighted by atomic mass is 10.1. The maximum Gasteiger partial charge on any atom is 0.305 e. The zero-order valence-electron chi connectivity index (χ0n) is 14.4. The molecule has 4 heteroatoms. The van der Waals surface area contributed by atoms with Gasteiger partial charge in [0, 0.05) is 0 Å². The highest BCUT2D eigenvalue weighted by Gasteiger charge is 2.22. The molecular formula is C19H28N2O2. The molecular weight excluding hydrogens is 288 g/mol. The molecule has 4 nitrogen and oxygen atoms in total. The molecule has 0 bridgehead atoms. The Labute approximate surface area is 138 Å². The quantitative estimate of drug-likeness (QED) is 0.500. The standard InChI is InChI=1S/C19H28N2O2/c1-3-4-5-6-7-8-9-12-15-21-17-14-11-10-13-16(17)20(2)18(21)19(22)23/h10-11,13-14H,3-9,12,15H2,1-2H3. The van der Waals surface area contributed by atoms with E-state index in [9.17, 15) is 9.90 Å². The number of benzene rings is 1. The number of hydrogen-bond acceptors (Lipinski definition) is 2. The van der Waals surface area contributed by atoms with Gasteiger partial charge in [0.2, 0.25) is 0 Å². The summed E-state index contributed by atoms with van der Waals surface area (Å²) in [6, 6.07) is 7.81. The monoisotopic (exact) mass is 316 g/mol. The molecule has 0 spiro atoms. The first kappa shape index (κ1) is 17.5. The second kappa shape index (κ2) is 8.70. The Kier molecular flexibility index (Phi) is 6.63. The second-order valence-electron chi connectivity index (χ2n) is 6.29. The molecule has 1 heterocycles. The highest BCUT2D eigenvalue weighted by molar-refractivity contribution is 5.84. The average Bonchev–Trinajstić information content (AvgIpc) is 2.83. The van der Waals surface area contributed by atoms with Gasteiger partial charge in [-0.3, -0.25) is 0 Å². The van der Waals surface area contributed by atoms with Crippen LogP contribution in [0.4, 0.5) is 0 Å². The van der Waals surface area contributed by atoms with Crippen molar-refractivity contribution in [1.82, 2.24) is 4.57 Å². The van der Waals surface area contributed by atoms with Crippen molar-refractivity contribution < 1.29 is 14.5 Å². The van der Waals surface area contributed by atoms with E-state index in [1.807, 2.05) is 28.8 Å². The number of carboxylic acids is 1. The molecule has 0 aliphatic rings. The molecule has 0 aliphatic carbocycles. The van der Waals surface area contributed by atoms with Crippen LogP contribution in [0.5, 0.6) is 0 Å². The Morgan fingerprint density at radius 2 is 1.65 bits per heavy atom. The molecule has 0 unspecified atom stereocenters. The van der Waals surface area contributed by atoms with Gasteiger partial charge in [-0.1, -0.05) is 57.6 Å². The maximum absolute atomic E-state index is 11.5. The summed E-state index contributed by atoms with van der Waals surface area (Å²) in [7, 11) is 1.79. The van der Waals surface area contributed by atoms with Gasteiger partial charge in [-0.25, -0.2) is 9.13 Å². The molecule has 0 atom stereocenters. The van der Waals surface area contributed by atoms with Crippen LogP contribution in [-0.4, -0.2) is 10.5 Å². The molecule has 1 aromatic carbocycles. The van der Waals surface area contributed by atoms with Gasteiger partial charge in [-0.15, -0.1) is 0 Å². The van der Waals surface area contributed by atoms with Gasteiger partial charge in [0.25, 0.3) is 0 Å². The number of imidazole rings is 1. The number of aromatic nitrogens is 2. The summed E-state index contributed by atoms with van der Waals surface area (Å²) in [5.74, 6) is -0.850. The lowest BCUT2D eigenvalue weighted by Gasteiger charge is -2.04. The van der Waals surface area contributed by atoms with Crippen LogP contribution in [0, 0.1) is 0 Å². The summed E-state index contributed by atoms with van der Waals surface area (Å²) in [6.45, 7) is 2.97. The van der Waals surface area contributed by atoms with E-state index in [0.29, 0.717) is 0 Å². The zero-order valence-corrected chi connectivity index (χ0v) is 14.4. The van der Waals surface area contributed by atoms with Crippen molar-refractivity contribution in [2.75, 3.05) is 0 Å². The predicted octanol–water partition coefficient (Wildman–Crippen LogP) is 2.97. The van der Waals surface area contributed by atoms with Gasteiger partial charge in [0.05, 0.1) is 13.6 Å². The van der Waals surface area contributed by atoms with Gasteiger partial charge in [-0.05, 0) is 25.0 Å². The molecule has 0 radical (unpaired) electrons. The Bertz CT molecular complexity index is 646. The number of aromatic carboxylic acids is 1. The smallest absolute Gasteiger partial charge is 0.305 e. The largest absolute Gasteiger partial charge is 0.538 e. The lowest BCUT2D eigenvalue weighted by Crippen LogP contribution is -2.44. The average molecular weight is 316 g/mol. The zero-order chi connectivity index (χ0) is 16.7. The highest BCUT2D eigenvalue weighted by Crippen LogP contribution is 2.14. The van der Waals surface area contributed by atoms with Crippen LogP contribution in [0.25, 0.3) is 11.0 Å². The van der Waals surface area contributed by atoms with Crippen molar-refractivity contribution in [3.63, 3.8) is 0 Å². The van der Waals surface area contributed by atoms with E-state index in [1.165, 1.54) is 38.5 Å². The van der Waals surface area contributed by atoms with Crippen LogP contribution in [0.1, 0.15) is 68.9 Å². The molecule has 23 heavy (non-hydrogen) atoms. The molecule has 1 aromatic heterocycles. The van der Waals surface area contributed by atoms with E-state index < -0.39 is 5.97 Å². The van der Waals surface area contributed by atoms with Crippen LogP contribution in [0.3, 0.4) is 0 Å². The first-order valence-corrected chi connectivity index (χ1v) is 8.85. The minimum Gasteiger partial charge on any atom is -0.538 e. The van der Waals surface area contributed by atoms with Crippen molar-refractivity contribution in [3.05, 3.63) is 30.1 Å². The Hall–Kier alpha value is -1.84. The molecule has 2 aromatic rings. The predicted molar refractivity (Wildman–Crippen MR) is 90.1 cm³/mol. The lowest BCUT2D eigenvalue weighted by molar-refractivity contribution is -0.677. The minimum atomic E-state index is -1.11. The first-order chi connectivity index (χ1) is 11.2. The Morgan fingerprint density at radius 1 is 1.04 bits per heavy atom. The number of hydrogen-bond donors (Lipinski definition) is 0. The van der Waals surface area contributed by atoms with E-state index in [1.54, 1.807) is 11.6 Å². The van der Waals surface area contributed by atoms with E-state index in [-0.39, 0.29) is 5.82 Å². The summed E-state index contributed by atoms with van der Waals surface area (Å²) >= 11 is 0. The topological polar surface area (TPSA) is 48.9 Å². The number of fused-ring (bicyclic) bond motifs is 1. The van der Waals surface area contributed by atoms with E-state index in [2.05, 4.69) is 6.92 Å². The molecule has 0 aliphatic heterocycles. The third kappa shape index (κ3) is 4.34. The number of nitrogens with zero attached hydrogens (tertiary/aromatic N) is 2. The number of aryl methyl sites for hydroxylation is 2. The van der Waals surface area contributed by atoms with Crippen LogP contribution in [-0.2, 0) is 13.6 Å². The summed E-state index contributed by atoms with van der Waals surface area (Å²) in [5, 5.41) is 11.5. The van der Waals surface area contributed by atoms with E-state index in [4.69, 9.17) is 0 Å². The minimum absolute atomic E-state index is 0.258. The van der Waals surface area contributed by atoms with Gasteiger partial charge in [-0.2, -0.15) is 0 Å². The fraction of sp³-hybridized carbons (Fsp3) is 0.579. The summed E-state index contributed by atoms with van der Waals surface area (Å²) in [4.78, 5) is 11.5. The number of carbonyl (C=O) groups is 1. The van der Waals surface area contributed by atoms with E-state index in [0.717, 1.165) is 30.4 Å².